The summed E-state index contributed by atoms with van der Waals surface area (Å²) in [6.45, 7) is 4.15. The standard InChI is InChI=1S/C31H27F8N3O5/c1-17-16-20(13-14-23(17)47-29(2,3)27(43)44)46-24(8-5-15-30(34,35)36)26-40-42(19-11-9-18(10-12-19)31(37,38)39)28(45)41(26)25-21(32)6-4-7-22(25)33/h4,6-7,9-14,16,24H,5,8,15H2,1-3H3,(H,43,44). The Morgan fingerprint density at radius 3 is 2.11 bits per heavy atom. The van der Waals surface area contributed by atoms with Gasteiger partial charge in [-0.15, -0.1) is 5.10 Å². The SMILES string of the molecule is Cc1cc(OC(CCCC(F)(F)F)c2nn(-c3ccc(C(F)(F)F)cc3)c(=O)n2-c2c(F)cccc2F)ccc1OC(C)(C)C(=O)O. The van der Waals surface area contributed by atoms with Gasteiger partial charge in [0.15, 0.2) is 17.5 Å². The maximum absolute atomic E-state index is 15.1. The molecule has 1 atom stereocenters. The van der Waals surface area contributed by atoms with Crippen LogP contribution in [-0.4, -0.2) is 37.2 Å². The number of ether oxygens (including phenoxy) is 2. The highest BCUT2D eigenvalue weighted by molar-refractivity contribution is 5.76. The first kappa shape index (κ1) is 35.0. The molecule has 0 fully saturated rings. The molecule has 1 aromatic heterocycles. The van der Waals surface area contributed by atoms with Crippen molar-refractivity contribution < 1.29 is 54.5 Å². The molecule has 0 saturated heterocycles. The summed E-state index contributed by atoms with van der Waals surface area (Å²) in [6, 6.07) is 9.75. The van der Waals surface area contributed by atoms with Gasteiger partial charge >= 0.3 is 24.0 Å². The molecule has 0 spiro atoms. The third kappa shape index (κ3) is 8.10. The lowest BCUT2D eigenvalue weighted by Crippen LogP contribution is -2.38. The summed E-state index contributed by atoms with van der Waals surface area (Å²) >= 11 is 0. The molecule has 3 aromatic carbocycles. The molecule has 47 heavy (non-hydrogen) atoms. The predicted molar refractivity (Wildman–Crippen MR) is 151 cm³/mol. The van der Waals surface area contributed by atoms with Crippen LogP contribution in [0.4, 0.5) is 35.1 Å². The van der Waals surface area contributed by atoms with Crippen LogP contribution < -0.4 is 15.2 Å². The van der Waals surface area contributed by atoms with Gasteiger partial charge in [-0.25, -0.2) is 22.9 Å². The van der Waals surface area contributed by atoms with E-state index >= 15 is 8.78 Å². The van der Waals surface area contributed by atoms with Crippen LogP contribution in [0.25, 0.3) is 11.4 Å². The molecule has 1 heterocycles. The van der Waals surface area contributed by atoms with Crippen molar-refractivity contribution in [3.05, 3.63) is 99.7 Å². The zero-order valence-electron chi connectivity index (χ0n) is 24.9. The number of carboxylic acids is 1. The first-order chi connectivity index (χ1) is 21.8. The molecule has 0 amide bonds. The van der Waals surface area contributed by atoms with Gasteiger partial charge in [-0.1, -0.05) is 6.07 Å². The molecule has 1 unspecified atom stereocenters. The van der Waals surface area contributed by atoms with E-state index in [0.29, 0.717) is 26.9 Å². The number of aromatic nitrogens is 3. The van der Waals surface area contributed by atoms with E-state index in [2.05, 4.69) is 5.10 Å². The van der Waals surface area contributed by atoms with Crippen LogP contribution in [0.5, 0.6) is 11.5 Å². The van der Waals surface area contributed by atoms with Gasteiger partial charge < -0.3 is 14.6 Å². The second-order valence-corrected chi connectivity index (χ2v) is 11.0. The van der Waals surface area contributed by atoms with E-state index in [9.17, 15) is 41.0 Å². The normalized spacial score (nSPS) is 13.0. The van der Waals surface area contributed by atoms with Crippen LogP contribution in [0.15, 0.2) is 65.5 Å². The van der Waals surface area contributed by atoms with Crippen molar-refractivity contribution in [1.82, 2.24) is 14.3 Å². The number of rotatable bonds is 11. The molecule has 0 aliphatic heterocycles. The number of benzene rings is 3. The predicted octanol–water partition coefficient (Wildman–Crippen LogP) is 7.72. The van der Waals surface area contributed by atoms with E-state index in [-0.39, 0.29) is 17.2 Å². The number of hydrogen-bond acceptors (Lipinski definition) is 5. The van der Waals surface area contributed by atoms with Gasteiger partial charge in [0, 0.05) is 6.42 Å². The molecule has 1 N–H and O–H groups in total. The minimum Gasteiger partial charge on any atom is -0.482 e. The Morgan fingerprint density at radius 2 is 1.57 bits per heavy atom. The Bertz CT molecular complexity index is 1790. The smallest absolute Gasteiger partial charge is 0.416 e. The monoisotopic (exact) mass is 673 g/mol. The lowest BCUT2D eigenvalue weighted by Gasteiger charge is -2.24. The number of carbonyl (C=O) groups is 1. The van der Waals surface area contributed by atoms with Gasteiger partial charge in [0.05, 0.1) is 11.3 Å². The van der Waals surface area contributed by atoms with Crippen LogP contribution in [-0.2, 0) is 11.0 Å². The van der Waals surface area contributed by atoms with Crippen molar-refractivity contribution in [3.8, 4) is 22.9 Å². The zero-order valence-corrected chi connectivity index (χ0v) is 24.9. The average molecular weight is 674 g/mol. The molecule has 4 rings (SSSR count). The number of halogens is 8. The van der Waals surface area contributed by atoms with Gasteiger partial charge in [-0.3, -0.25) is 0 Å². The molecular weight excluding hydrogens is 646 g/mol. The van der Waals surface area contributed by atoms with Crippen molar-refractivity contribution in [2.24, 2.45) is 0 Å². The van der Waals surface area contributed by atoms with Gasteiger partial charge in [0.25, 0.3) is 0 Å². The lowest BCUT2D eigenvalue weighted by molar-refractivity contribution is -0.152. The highest BCUT2D eigenvalue weighted by Gasteiger charge is 2.34. The van der Waals surface area contributed by atoms with E-state index < -0.39 is 83.7 Å². The second kappa shape index (κ2) is 13.1. The lowest BCUT2D eigenvalue weighted by atomic mass is 10.1. The summed E-state index contributed by atoms with van der Waals surface area (Å²) in [5.74, 6) is -4.18. The molecular formula is C31H27F8N3O5. The molecule has 16 heteroatoms. The van der Waals surface area contributed by atoms with Crippen LogP contribution in [0.1, 0.15) is 56.2 Å². The highest BCUT2D eigenvalue weighted by atomic mass is 19.4. The Hall–Kier alpha value is -4.89. The fourth-order valence-electron chi connectivity index (χ4n) is 4.48. The molecule has 0 radical (unpaired) electrons. The van der Waals surface area contributed by atoms with E-state index in [1.807, 2.05) is 0 Å². The van der Waals surface area contributed by atoms with Gasteiger partial charge in [0.1, 0.15) is 28.8 Å². The number of para-hydroxylation sites is 1. The summed E-state index contributed by atoms with van der Waals surface area (Å²) in [4.78, 5) is 25.2. The molecule has 8 nitrogen and oxygen atoms in total. The average Bonchev–Trinajstić information content (AvgIpc) is 3.29. The Labute approximate surface area is 261 Å². The van der Waals surface area contributed by atoms with E-state index in [4.69, 9.17) is 9.47 Å². The molecule has 0 saturated carbocycles. The topological polar surface area (TPSA) is 95.6 Å². The van der Waals surface area contributed by atoms with Crippen molar-refractivity contribution in [2.75, 3.05) is 0 Å². The van der Waals surface area contributed by atoms with Crippen molar-refractivity contribution in [1.29, 1.82) is 0 Å². The molecule has 0 aliphatic rings. The summed E-state index contributed by atoms with van der Waals surface area (Å²) < 4.78 is 122. The van der Waals surface area contributed by atoms with Crippen molar-refractivity contribution in [3.63, 3.8) is 0 Å². The number of nitrogens with zero attached hydrogens (tertiary/aromatic N) is 3. The quantitative estimate of drug-likeness (QED) is 0.164. The zero-order chi connectivity index (χ0) is 34.9. The number of carboxylic acid groups (broad SMARTS) is 1. The molecule has 4 aromatic rings. The van der Waals surface area contributed by atoms with Crippen molar-refractivity contribution >= 4 is 5.97 Å². The summed E-state index contributed by atoms with van der Waals surface area (Å²) in [5.41, 5.74) is -4.77. The number of aliphatic carboxylic acids is 1. The minimum absolute atomic E-state index is 0.0166. The summed E-state index contributed by atoms with van der Waals surface area (Å²) in [5, 5.41) is 13.5. The molecule has 252 valence electrons. The van der Waals surface area contributed by atoms with Crippen LogP contribution in [0.3, 0.4) is 0 Å². The largest absolute Gasteiger partial charge is 0.482 e. The fourth-order valence-corrected chi connectivity index (χ4v) is 4.48. The number of aryl methyl sites for hydroxylation is 1. The third-order valence-corrected chi connectivity index (χ3v) is 6.92. The summed E-state index contributed by atoms with van der Waals surface area (Å²) in [6.07, 6.45) is -13.2. The molecule has 0 bridgehead atoms. The number of alkyl halides is 6. The molecule has 0 aliphatic carbocycles. The van der Waals surface area contributed by atoms with E-state index in [1.54, 1.807) is 0 Å². The van der Waals surface area contributed by atoms with Crippen LogP contribution in [0, 0.1) is 18.6 Å². The first-order valence-corrected chi connectivity index (χ1v) is 13.9. The maximum Gasteiger partial charge on any atom is 0.416 e. The third-order valence-electron chi connectivity index (χ3n) is 6.92. The fraction of sp³-hybridized carbons (Fsp3) is 0.323. The second-order valence-electron chi connectivity index (χ2n) is 11.0. The van der Waals surface area contributed by atoms with Crippen LogP contribution in [0.2, 0.25) is 0 Å². The van der Waals surface area contributed by atoms with Gasteiger partial charge in [-0.2, -0.15) is 31.0 Å². The maximum atomic E-state index is 15.1. The summed E-state index contributed by atoms with van der Waals surface area (Å²) in [7, 11) is 0. The van der Waals surface area contributed by atoms with Gasteiger partial charge in [-0.05, 0) is 93.8 Å². The Kier molecular flexibility index (Phi) is 9.73. The number of hydrogen-bond donors (Lipinski definition) is 1. The van der Waals surface area contributed by atoms with Crippen LogP contribution >= 0.6 is 0 Å². The Balaban J connectivity index is 1.86. The highest BCUT2D eigenvalue weighted by Crippen LogP contribution is 2.34. The van der Waals surface area contributed by atoms with Crippen molar-refractivity contribution in [2.45, 2.75) is 64.1 Å². The van der Waals surface area contributed by atoms with E-state index in [1.165, 1.54) is 39.0 Å². The first-order valence-electron chi connectivity index (χ1n) is 13.9. The van der Waals surface area contributed by atoms with Gasteiger partial charge in [0.2, 0.25) is 0 Å². The minimum atomic E-state index is -4.72. The van der Waals surface area contributed by atoms with E-state index in [0.717, 1.165) is 30.3 Å². The Morgan fingerprint density at radius 1 is 0.957 bits per heavy atom.